The van der Waals surface area contributed by atoms with E-state index in [4.69, 9.17) is 15.2 Å². The Balaban J connectivity index is 1.08. The number of rotatable bonds is 28. The number of nitrogens with one attached hydrogen (secondary N) is 2. The number of ether oxygens (including phenoxy) is 2. The number of likely N-dealkylation sites (tertiary alicyclic amines) is 2. The number of anilines is 1. The number of benzene rings is 2. The lowest BCUT2D eigenvalue weighted by Gasteiger charge is -2.48. The average Bonchev–Trinajstić information content (AvgIpc) is 4.21. The van der Waals surface area contributed by atoms with Crippen molar-refractivity contribution < 1.29 is 47.8 Å². The maximum absolute atomic E-state index is 15.0. The molecule has 3 aliphatic heterocycles. The van der Waals surface area contributed by atoms with Crippen LogP contribution in [0.1, 0.15) is 116 Å². The highest BCUT2D eigenvalue weighted by atomic mass is 16.5. The monoisotopic (exact) mass is 1070 g/mol. The molecule has 8 amide bonds. The summed E-state index contributed by atoms with van der Waals surface area (Å²) in [4.78, 5) is 116. The number of nitrogens with zero attached hydrogens (tertiary/aromatic N) is 5. The topological polar surface area (TPSA) is 221 Å². The van der Waals surface area contributed by atoms with E-state index < -0.39 is 59.7 Å². The van der Waals surface area contributed by atoms with Gasteiger partial charge in [-0.15, -0.1) is 0 Å². The predicted molar refractivity (Wildman–Crippen MR) is 293 cm³/mol. The van der Waals surface area contributed by atoms with Crippen molar-refractivity contribution in [3.63, 3.8) is 0 Å². The number of hydrogen-bond acceptors (Lipinski definition) is 11. The molecule has 2 bridgehead atoms. The van der Waals surface area contributed by atoms with Crippen LogP contribution in [0.3, 0.4) is 0 Å². The molecule has 3 fully saturated rings. The summed E-state index contributed by atoms with van der Waals surface area (Å²) in [5.74, 6) is -3.14. The molecule has 3 unspecified atom stereocenters. The standard InChI is InChI=1S/C59H86N8O10/c1-11-38(4)52(64(7)58(75)51(37(2)3)59-30-29-42(35-59)53(55(60)72)65(59)8)46(76-9)34-50(71)66-32-18-21-45(66)54(77-10)39(5)56(73)62-44(33-40-19-14-12-15-20-40)57(74)63(6)43-25-23-41(24-26-43)36-61-47(68)22-16-13-17-31-67-48(69)27-28-49(67)70/h12,14-15,19-20,23-28,37-39,42,44-46,51-54H,11,13,16-18,21-22,29-36H2,1-10H3,(H2,60,72)(H,61,68)(H,62,73)/t38-,39+,42?,44-,45-,46+,51+,52-,53?,54+,59?/m0/s1. The molecular weight excluding hydrogens is 981 g/mol. The maximum atomic E-state index is 15.0. The minimum atomic E-state index is -0.952. The Morgan fingerprint density at radius 1 is 0.857 bits per heavy atom. The lowest BCUT2D eigenvalue weighted by atomic mass is 9.74. The summed E-state index contributed by atoms with van der Waals surface area (Å²) >= 11 is 0. The molecule has 0 spiro atoms. The Bertz CT molecular complexity index is 2420. The Hall–Kier alpha value is -5.98. The number of unbranched alkanes of at least 4 members (excludes halogenated alkanes) is 2. The number of carbonyl (C=O) groups excluding carboxylic acids is 8. The molecule has 422 valence electrons. The number of fused-ring (bicyclic) bond motifs is 2. The molecular formula is C59H86N8O10. The maximum Gasteiger partial charge on any atom is 0.253 e. The SMILES string of the molecule is CC[C@H](C)[C@@H]([C@@H](CC(=O)N1CCC[C@H]1[C@H](OC)[C@@H](C)C(=O)N[C@@H](Cc1ccccc1)C(=O)N(C)c1ccc(CNC(=O)CCCCCN2C(=O)C=CC2=O)cc1)OC)N(C)C(=O)[C@@H](C(C)C)C12CCC(C1)C(C(N)=O)N2C. The van der Waals surface area contributed by atoms with E-state index in [0.29, 0.717) is 57.3 Å². The minimum Gasteiger partial charge on any atom is -0.379 e. The van der Waals surface area contributed by atoms with E-state index >= 15 is 4.79 Å². The van der Waals surface area contributed by atoms with E-state index in [1.54, 1.807) is 50.1 Å². The minimum absolute atomic E-state index is 0.00412. The van der Waals surface area contributed by atoms with Crippen LogP contribution in [-0.2, 0) is 60.8 Å². The normalized spacial score (nSPS) is 22.9. The molecule has 0 radical (unpaired) electrons. The van der Waals surface area contributed by atoms with Crippen LogP contribution in [0.2, 0.25) is 0 Å². The van der Waals surface area contributed by atoms with Crippen LogP contribution in [0.4, 0.5) is 5.69 Å². The highest BCUT2D eigenvalue weighted by Crippen LogP contribution is 2.55. The second-order valence-corrected chi connectivity index (χ2v) is 22.4. The van der Waals surface area contributed by atoms with Crippen LogP contribution in [0.25, 0.3) is 0 Å². The number of nitrogens with two attached hydrogens (primary N) is 1. The zero-order valence-corrected chi connectivity index (χ0v) is 47.2. The number of likely N-dealkylation sites (N-methyl/N-ethyl adjacent to an activating group) is 3. The first-order chi connectivity index (χ1) is 36.7. The Kier molecular flexibility index (Phi) is 21.2. The molecule has 18 heteroatoms. The first-order valence-electron chi connectivity index (χ1n) is 27.8. The van der Waals surface area contributed by atoms with Gasteiger partial charge in [-0.25, -0.2) is 0 Å². The Labute approximate surface area is 456 Å². The first kappa shape index (κ1) is 60.3. The Morgan fingerprint density at radius 3 is 2.13 bits per heavy atom. The third-order valence-electron chi connectivity index (χ3n) is 17.4. The van der Waals surface area contributed by atoms with Crippen molar-refractivity contribution in [2.75, 3.05) is 53.4 Å². The fourth-order valence-corrected chi connectivity index (χ4v) is 13.1. The Morgan fingerprint density at radius 2 is 1.53 bits per heavy atom. The summed E-state index contributed by atoms with van der Waals surface area (Å²) in [6, 6.07) is 14.5. The van der Waals surface area contributed by atoms with E-state index in [1.165, 1.54) is 22.0 Å². The summed E-state index contributed by atoms with van der Waals surface area (Å²) in [6.45, 7) is 11.1. The third-order valence-corrected chi connectivity index (χ3v) is 17.4. The van der Waals surface area contributed by atoms with Crippen LogP contribution in [-0.4, -0.2) is 157 Å². The highest BCUT2D eigenvalue weighted by molar-refractivity contribution is 6.12. The summed E-state index contributed by atoms with van der Waals surface area (Å²) in [5.41, 5.74) is 7.69. The zero-order chi connectivity index (χ0) is 56.3. The van der Waals surface area contributed by atoms with Gasteiger partial charge in [0.15, 0.2) is 0 Å². The summed E-state index contributed by atoms with van der Waals surface area (Å²) < 4.78 is 12.3. The van der Waals surface area contributed by atoms with Crippen molar-refractivity contribution in [1.82, 2.24) is 30.2 Å². The van der Waals surface area contributed by atoms with Gasteiger partial charge in [0.05, 0.1) is 48.6 Å². The van der Waals surface area contributed by atoms with Crippen molar-refractivity contribution in [3.05, 3.63) is 77.9 Å². The third kappa shape index (κ3) is 13.8. The highest BCUT2D eigenvalue weighted by Gasteiger charge is 2.62. The molecule has 2 aromatic rings. The van der Waals surface area contributed by atoms with Crippen LogP contribution in [0, 0.1) is 29.6 Å². The van der Waals surface area contributed by atoms with E-state index in [9.17, 15) is 33.6 Å². The van der Waals surface area contributed by atoms with Gasteiger partial charge in [0.2, 0.25) is 35.4 Å². The molecule has 1 aliphatic carbocycles. The van der Waals surface area contributed by atoms with E-state index in [-0.39, 0.29) is 78.5 Å². The van der Waals surface area contributed by atoms with Crippen LogP contribution >= 0.6 is 0 Å². The number of imide groups is 1. The van der Waals surface area contributed by atoms with Crippen molar-refractivity contribution in [2.45, 2.75) is 160 Å². The van der Waals surface area contributed by atoms with Crippen molar-refractivity contribution >= 4 is 52.9 Å². The predicted octanol–water partition coefficient (Wildman–Crippen LogP) is 5.01. The van der Waals surface area contributed by atoms with Gasteiger partial charge in [0, 0.05) is 84.2 Å². The van der Waals surface area contributed by atoms with E-state index in [2.05, 4.69) is 43.2 Å². The van der Waals surface area contributed by atoms with E-state index in [1.807, 2.05) is 56.6 Å². The van der Waals surface area contributed by atoms with Gasteiger partial charge < -0.3 is 40.5 Å². The second kappa shape index (κ2) is 27.1. The molecule has 4 N–H and O–H groups in total. The molecule has 4 aliphatic rings. The molecule has 1 saturated carbocycles. The number of amides is 8. The lowest BCUT2D eigenvalue weighted by Crippen LogP contribution is -2.61. The van der Waals surface area contributed by atoms with Gasteiger partial charge in [-0.05, 0) is 93.0 Å². The first-order valence-corrected chi connectivity index (χ1v) is 27.8. The van der Waals surface area contributed by atoms with Gasteiger partial charge in [-0.2, -0.15) is 0 Å². The molecule has 77 heavy (non-hydrogen) atoms. The quantitative estimate of drug-likeness (QED) is 0.0760. The largest absolute Gasteiger partial charge is 0.379 e. The van der Waals surface area contributed by atoms with Crippen molar-refractivity contribution in [2.24, 2.45) is 35.3 Å². The van der Waals surface area contributed by atoms with Gasteiger partial charge in [0.1, 0.15) is 6.04 Å². The van der Waals surface area contributed by atoms with Crippen molar-refractivity contribution in [3.8, 4) is 0 Å². The van der Waals surface area contributed by atoms with Crippen molar-refractivity contribution in [1.29, 1.82) is 0 Å². The summed E-state index contributed by atoms with van der Waals surface area (Å²) in [7, 11) is 8.54. The fourth-order valence-electron chi connectivity index (χ4n) is 13.1. The summed E-state index contributed by atoms with van der Waals surface area (Å²) in [5, 5.41) is 5.99. The number of methoxy groups -OCH3 is 2. The van der Waals surface area contributed by atoms with Gasteiger partial charge in [-0.3, -0.25) is 48.2 Å². The van der Waals surface area contributed by atoms with Crippen LogP contribution in [0.15, 0.2) is 66.7 Å². The fraction of sp³-hybridized carbons (Fsp3) is 0.627. The smallest absolute Gasteiger partial charge is 0.253 e. The number of carbonyl (C=O) groups is 8. The molecule has 11 atom stereocenters. The van der Waals surface area contributed by atoms with E-state index in [0.717, 1.165) is 36.8 Å². The molecule has 0 aromatic heterocycles. The van der Waals surface area contributed by atoms with Gasteiger partial charge in [0.25, 0.3) is 11.8 Å². The molecule has 6 rings (SSSR count). The number of primary amides is 1. The second-order valence-electron chi connectivity index (χ2n) is 22.4. The lowest BCUT2D eigenvalue weighted by molar-refractivity contribution is -0.153. The molecule has 18 nitrogen and oxygen atoms in total. The van der Waals surface area contributed by atoms with Crippen LogP contribution < -0.4 is 21.3 Å². The molecule has 2 saturated heterocycles. The summed E-state index contributed by atoms with van der Waals surface area (Å²) in [6.07, 6.45) is 8.06. The number of hydrogen-bond donors (Lipinski definition) is 3. The zero-order valence-electron chi connectivity index (χ0n) is 47.2. The molecule has 2 aromatic carbocycles. The van der Waals surface area contributed by atoms with Gasteiger partial charge in [-0.1, -0.05) is 89.9 Å². The number of piperidine rings is 1. The van der Waals surface area contributed by atoms with Crippen LogP contribution in [0.5, 0.6) is 0 Å². The van der Waals surface area contributed by atoms with Gasteiger partial charge >= 0.3 is 0 Å². The molecule has 3 heterocycles. The average molecular weight is 1070 g/mol.